The van der Waals surface area contributed by atoms with E-state index in [9.17, 15) is 4.39 Å². The van der Waals surface area contributed by atoms with Crippen molar-refractivity contribution in [2.45, 2.75) is 20.0 Å². The van der Waals surface area contributed by atoms with Crippen LogP contribution in [0, 0.1) is 12.7 Å². The number of halogens is 1. The van der Waals surface area contributed by atoms with E-state index in [2.05, 4.69) is 41.1 Å². The van der Waals surface area contributed by atoms with Gasteiger partial charge in [0.25, 0.3) is 0 Å². The van der Waals surface area contributed by atoms with Gasteiger partial charge in [-0.1, -0.05) is 60.7 Å². The first kappa shape index (κ1) is 19.5. The van der Waals surface area contributed by atoms with Gasteiger partial charge >= 0.3 is 0 Å². The molecule has 0 aliphatic carbocycles. The van der Waals surface area contributed by atoms with Gasteiger partial charge in [0.15, 0.2) is 5.13 Å². The molecule has 0 aliphatic heterocycles. The number of hydrogen-bond donors (Lipinski definition) is 1. The summed E-state index contributed by atoms with van der Waals surface area (Å²) in [6.07, 6.45) is 0. The number of fused-ring (bicyclic) bond motifs is 1. The van der Waals surface area contributed by atoms with E-state index in [0.717, 1.165) is 46.1 Å². The van der Waals surface area contributed by atoms with Crippen molar-refractivity contribution in [2.75, 3.05) is 5.32 Å². The van der Waals surface area contributed by atoms with Crippen LogP contribution in [0.1, 0.15) is 16.8 Å². The lowest BCUT2D eigenvalue weighted by molar-refractivity contribution is 0.629. The highest BCUT2D eigenvalue weighted by Gasteiger charge is 2.19. The predicted molar refractivity (Wildman–Crippen MR) is 127 cm³/mol. The van der Waals surface area contributed by atoms with Crippen LogP contribution in [-0.4, -0.2) is 9.55 Å². The van der Waals surface area contributed by atoms with Gasteiger partial charge in [-0.3, -0.25) is 0 Å². The van der Waals surface area contributed by atoms with Crippen LogP contribution < -0.4 is 5.32 Å². The standard InChI is InChI=1S/C26H22FN3S/c1-18-25(23-17-31-26(29-23)28-15-19-8-4-2-5-9-19)22-14-21(27)12-13-24(22)30(18)16-20-10-6-3-7-11-20/h2-14,17H,15-16H2,1H3,(H,28,29). The maximum Gasteiger partial charge on any atom is 0.183 e. The second-order valence-electron chi connectivity index (χ2n) is 7.57. The summed E-state index contributed by atoms with van der Waals surface area (Å²) in [5.74, 6) is -0.233. The third-order valence-corrected chi connectivity index (χ3v) is 6.32. The van der Waals surface area contributed by atoms with Gasteiger partial charge in [0.1, 0.15) is 5.82 Å². The Morgan fingerprint density at radius 2 is 1.65 bits per heavy atom. The van der Waals surface area contributed by atoms with E-state index in [1.807, 2.05) is 47.8 Å². The molecule has 3 aromatic carbocycles. The van der Waals surface area contributed by atoms with Crippen LogP contribution in [0.15, 0.2) is 84.2 Å². The molecule has 0 aliphatic rings. The Hall–Kier alpha value is -3.44. The summed E-state index contributed by atoms with van der Waals surface area (Å²) in [7, 11) is 0. The first-order valence-electron chi connectivity index (χ1n) is 10.2. The molecule has 5 heteroatoms. The van der Waals surface area contributed by atoms with Gasteiger partial charge in [-0.05, 0) is 36.2 Å². The molecular formula is C26H22FN3S. The van der Waals surface area contributed by atoms with Gasteiger partial charge in [0.2, 0.25) is 0 Å². The van der Waals surface area contributed by atoms with Crippen molar-refractivity contribution in [1.82, 2.24) is 9.55 Å². The Morgan fingerprint density at radius 1 is 0.935 bits per heavy atom. The van der Waals surface area contributed by atoms with E-state index < -0.39 is 0 Å². The van der Waals surface area contributed by atoms with Crippen LogP contribution in [0.3, 0.4) is 0 Å². The minimum absolute atomic E-state index is 0.233. The molecule has 154 valence electrons. The second-order valence-corrected chi connectivity index (χ2v) is 8.43. The van der Waals surface area contributed by atoms with Crippen molar-refractivity contribution < 1.29 is 4.39 Å². The number of benzene rings is 3. The minimum atomic E-state index is -0.233. The quantitative estimate of drug-likeness (QED) is 0.320. The Labute approximate surface area is 184 Å². The number of aromatic nitrogens is 2. The second kappa shape index (κ2) is 8.36. The smallest absolute Gasteiger partial charge is 0.183 e. The molecule has 1 N–H and O–H groups in total. The molecular weight excluding hydrogens is 405 g/mol. The molecule has 0 saturated heterocycles. The summed E-state index contributed by atoms with van der Waals surface area (Å²) >= 11 is 1.57. The molecule has 0 spiro atoms. The third-order valence-electron chi connectivity index (χ3n) is 5.52. The first-order valence-corrected chi connectivity index (χ1v) is 11.1. The molecule has 0 saturated carbocycles. The molecule has 31 heavy (non-hydrogen) atoms. The molecule has 3 nitrogen and oxygen atoms in total. The van der Waals surface area contributed by atoms with Crippen molar-refractivity contribution in [3.63, 3.8) is 0 Å². The molecule has 0 amide bonds. The SMILES string of the molecule is Cc1c(-c2csc(NCc3ccccc3)n2)c2cc(F)ccc2n1Cc1ccccc1. The molecule has 2 heterocycles. The summed E-state index contributed by atoms with van der Waals surface area (Å²) in [5, 5.41) is 7.21. The lowest BCUT2D eigenvalue weighted by Crippen LogP contribution is -2.01. The average molecular weight is 428 g/mol. The lowest BCUT2D eigenvalue weighted by atomic mass is 10.1. The summed E-state index contributed by atoms with van der Waals surface area (Å²) in [5.41, 5.74) is 6.39. The average Bonchev–Trinajstić information content (AvgIpc) is 3.36. The fourth-order valence-electron chi connectivity index (χ4n) is 3.99. The number of anilines is 1. The van der Waals surface area contributed by atoms with Crippen molar-refractivity contribution in [2.24, 2.45) is 0 Å². The lowest BCUT2D eigenvalue weighted by Gasteiger charge is -2.09. The Morgan fingerprint density at radius 3 is 2.39 bits per heavy atom. The van der Waals surface area contributed by atoms with Crippen molar-refractivity contribution in [3.05, 3.63) is 107 Å². The van der Waals surface area contributed by atoms with E-state index >= 15 is 0 Å². The van der Waals surface area contributed by atoms with Gasteiger partial charge in [0.05, 0.1) is 5.69 Å². The minimum Gasteiger partial charge on any atom is -0.357 e. The zero-order valence-electron chi connectivity index (χ0n) is 17.2. The van der Waals surface area contributed by atoms with E-state index in [0.29, 0.717) is 0 Å². The number of thiazole rings is 1. The largest absolute Gasteiger partial charge is 0.357 e. The van der Waals surface area contributed by atoms with E-state index in [4.69, 9.17) is 4.98 Å². The van der Waals surface area contributed by atoms with E-state index in [1.54, 1.807) is 17.4 Å². The van der Waals surface area contributed by atoms with E-state index in [-0.39, 0.29) is 5.82 Å². The van der Waals surface area contributed by atoms with Gasteiger partial charge in [-0.2, -0.15) is 0 Å². The van der Waals surface area contributed by atoms with Gasteiger partial charge in [0, 0.05) is 40.6 Å². The normalized spacial score (nSPS) is 11.2. The predicted octanol–water partition coefficient (Wildman–Crippen LogP) is 6.87. The first-order chi connectivity index (χ1) is 15.2. The number of nitrogens with one attached hydrogen (secondary N) is 1. The zero-order valence-corrected chi connectivity index (χ0v) is 18.0. The maximum atomic E-state index is 14.2. The van der Waals surface area contributed by atoms with Crippen LogP contribution >= 0.6 is 11.3 Å². The highest BCUT2D eigenvalue weighted by atomic mass is 32.1. The fourth-order valence-corrected chi connectivity index (χ4v) is 4.69. The third kappa shape index (κ3) is 3.97. The summed E-state index contributed by atoms with van der Waals surface area (Å²) < 4.78 is 16.4. The van der Waals surface area contributed by atoms with Gasteiger partial charge in [-0.25, -0.2) is 9.37 Å². The molecule has 2 aromatic heterocycles. The Bertz CT molecular complexity index is 1320. The summed E-state index contributed by atoms with van der Waals surface area (Å²) in [6, 6.07) is 25.6. The molecule has 5 aromatic rings. The maximum absolute atomic E-state index is 14.2. The number of hydrogen-bond acceptors (Lipinski definition) is 3. The summed E-state index contributed by atoms with van der Waals surface area (Å²) in [6.45, 7) is 3.54. The van der Waals surface area contributed by atoms with Crippen molar-refractivity contribution in [3.8, 4) is 11.3 Å². The highest BCUT2D eigenvalue weighted by Crippen LogP contribution is 2.37. The fraction of sp³-hybridized carbons (Fsp3) is 0.115. The van der Waals surface area contributed by atoms with E-state index in [1.165, 1.54) is 17.2 Å². The van der Waals surface area contributed by atoms with Gasteiger partial charge in [-0.15, -0.1) is 11.3 Å². The molecule has 5 rings (SSSR count). The highest BCUT2D eigenvalue weighted by molar-refractivity contribution is 7.14. The molecule has 0 fully saturated rings. The monoisotopic (exact) mass is 427 g/mol. The molecule has 0 radical (unpaired) electrons. The van der Waals surface area contributed by atoms with Crippen LogP contribution in [0.4, 0.5) is 9.52 Å². The van der Waals surface area contributed by atoms with Gasteiger partial charge < -0.3 is 9.88 Å². The Balaban J connectivity index is 1.52. The Kier molecular flexibility index (Phi) is 5.26. The zero-order chi connectivity index (χ0) is 21.2. The van der Waals surface area contributed by atoms with Crippen LogP contribution in [0.2, 0.25) is 0 Å². The summed E-state index contributed by atoms with van der Waals surface area (Å²) in [4.78, 5) is 4.83. The van der Waals surface area contributed by atoms with Crippen molar-refractivity contribution in [1.29, 1.82) is 0 Å². The van der Waals surface area contributed by atoms with Crippen LogP contribution in [0.25, 0.3) is 22.2 Å². The van der Waals surface area contributed by atoms with Crippen LogP contribution in [-0.2, 0) is 13.1 Å². The topological polar surface area (TPSA) is 29.9 Å². The number of nitrogens with zero attached hydrogens (tertiary/aromatic N) is 2. The molecule has 0 bridgehead atoms. The number of rotatable bonds is 6. The van der Waals surface area contributed by atoms with Crippen LogP contribution in [0.5, 0.6) is 0 Å². The molecule has 0 unspecified atom stereocenters. The molecule has 0 atom stereocenters. The van der Waals surface area contributed by atoms with Crippen molar-refractivity contribution >= 4 is 27.4 Å².